The molecule has 0 aliphatic rings. The molecule has 124 valence electrons. The second-order valence-corrected chi connectivity index (χ2v) is 6.66. The molecule has 0 fully saturated rings. The molecule has 1 aromatic heterocycles. The second kappa shape index (κ2) is 5.67. The zero-order valence-electron chi connectivity index (χ0n) is 14.1. The summed E-state index contributed by atoms with van der Waals surface area (Å²) in [6, 6.07) is 12.6. The summed E-state index contributed by atoms with van der Waals surface area (Å²) in [5.74, 6) is 0.0988. The van der Waals surface area contributed by atoms with E-state index < -0.39 is 11.4 Å². The first-order chi connectivity index (χ1) is 11.3. The van der Waals surface area contributed by atoms with Gasteiger partial charge in [-0.2, -0.15) is 0 Å². The van der Waals surface area contributed by atoms with Gasteiger partial charge in [-0.1, -0.05) is 18.2 Å². The van der Waals surface area contributed by atoms with Crippen LogP contribution in [0.25, 0.3) is 21.7 Å². The topological polar surface area (TPSA) is 57.5 Å². The molecule has 0 amide bonds. The van der Waals surface area contributed by atoms with Gasteiger partial charge >= 0.3 is 5.97 Å². The first-order valence-corrected chi connectivity index (χ1v) is 7.67. The van der Waals surface area contributed by atoms with Gasteiger partial charge in [-0.25, -0.2) is 4.79 Å². The largest absolute Gasteiger partial charge is 0.497 e. The van der Waals surface area contributed by atoms with Crippen molar-refractivity contribution in [3.8, 4) is 5.75 Å². The lowest BCUT2D eigenvalue weighted by Crippen LogP contribution is -2.37. The summed E-state index contributed by atoms with van der Waals surface area (Å²) in [7, 11) is 1.55. The summed E-state index contributed by atoms with van der Waals surface area (Å²) >= 11 is 0. The summed E-state index contributed by atoms with van der Waals surface area (Å²) in [4.78, 5) is 30.6. The molecule has 2 aromatic carbocycles. The van der Waals surface area contributed by atoms with Gasteiger partial charge in [0, 0.05) is 11.5 Å². The number of rotatable bonds is 2. The molecule has 0 radical (unpaired) electrons. The smallest absolute Gasteiger partial charge is 0.338 e. The zero-order chi connectivity index (χ0) is 17.5. The minimum atomic E-state index is -0.726. The Balaban J connectivity index is 2.37. The fraction of sp³-hybridized carbons (Fsp3) is 0.263. The van der Waals surface area contributed by atoms with Crippen molar-refractivity contribution in [1.29, 1.82) is 0 Å². The van der Waals surface area contributed by atoms with Crippen LogP contribution in [0, 0.1) is 5.41 Å². The van der Waals surface area contributed by atoms with E-state index in [1.54, 1.807) is 46.1 Å². The van der Waals surface area contributed by atoms with Crippen LogP contribution in [-0.2, 0) is 4.79 Å². The van der Waals surface area contributed by atoms with Crippen LogP contribution in [0.2, 0.25) is 0 Å². The number of hydrogen-bond donors (Lipinski definition) is 0. The summed E-state index contributed by atoms with van der Waals surface area (Å²) in [6.07, 6.45) is 0. The predicted molar refractivity (Wildman–Crippen MR) is 93.3 cm³/mol. The van der Waals surface area contributed by atoms with Gasteiger partial charge in [0.25, 0.3) is 5.56 Å². The van der Waals surface area contributed by atoms with E-state index in [0.717, 1.165) is 15.5 Å². The minimum absolute atomic E-state index is 0.371. The fourth-order valence-electron chi connectivity index (χ4n) is 2.47. The number of pyridine rings is 1. The van der Waals surface area contributed by atoms with E-state index in [-0.39, 0.29) is 5.56 Å². The van der Waals surface area contributed by atoms with Gasteiger partial charge in [-0.05, 0) is 44.4 Å². The van der Waals surface area contributed by atoms with Crippen LogP contribution >= 0.6 is 0 Å². The third-order valence-electron chi connectivity index (χ3n) is 3.84. The average Bonchev–Trinajstić information content (AvgIpc) is 2.57. The molecular weight excluding hydrogens is 306 g/mol. The second-order valence-electron chi connectivity index (χ2n) is 6.66. The van der Waals surface area contributed by atoms with Gasteiger partial charge < -0.3 is 9.57 Å². The quantitative estimate of drug-likeness (QED) is 0.679. The molecule has 5 nitrogen and oxygen atoms in total. The molecule has 3 aromatic rings. The lowest BCUT2D eigenvalue weighted by Gasteiger charge is -2.19. The highest BCUT2D eigenvalue weighted by atomic mass is 16.7. The van der Waals surface area contributed by atoms with E-state index in [2.05, 4.69) is 0 Å². The standard InChI is InChI=1S/C19H19NO4/c1-19(2,3)18(22)24-20-16-11-12(23-4)9-10-14(16)13-7-5-6-8-15(13)17(20)21/h5-11H,1-4H3. The van der Waals surface area contributed by atoms with Crippen molar-refractivity contribution in [2.45, 2.75) is 20.8 Å². The van der Waals surface area contributed by atoms with Crippen LogP contribution in [0.3, 0.4) is 0 Å². The highest BCUT2D eigenvalue weighted by molar-refractivity contribution is 6.05. The van der Waals surface area contributed by atoms with Crippen molar-refractivity contribution >= 4 is 27.6 Å². The number of ether oxygens (including phenoxy) is 1. The maximum Gasteiger partial charge on any atom is 0.338 e. The number of nitrogens with zero attached hydrogens (tertiary/aromatic N) is 1. The highest BCUT2D eigenvalue weighted by Gasteiger charge is 2.26. The molecule has 0 atom stereocenters. The van der Waals surface area contributed by atoms with Crippen molar-refractivity contribution in [2.75, 3.05) is 7.11 Å². The number of fused-ring (bicyclic) bond motifs is 3. The molecule has 1 heterocycles. The van der Waals surface area contributed by atoms with E-state index in [9.17, 15) is 9.59 Å². The van der Waals surface area contributed by atoms with Gasteiger partial charge in [-0.15, -0.1) is 4.73 Å². The highest BCUT2D eigenvalue weighted by Crippen LogP contribution is 2.26. The normalized spacial score (nSPS) is 11.7. The Morgan fingerprint density at radius 3 is 2.29 bits per heavy atom. The van der Waals surface area contributed by atoms with E-state index >= 15 is 0 Å². The molecule has 0 aliphatic heterocycles. The maximum atomic E-state index is 12.8. The Morgan fingerprint density at radius 1 is 1.00 bits per heavy atom. The molecule has 0 N–H and O–H groups in total. The summed E-state index contributed by atoms with van der Waals surface area (Å²) in [6.45, 7) is 5.22. The molecule has 0 bridgehead atoms. The predicted octanol–water partition coefficient (Wildman–Crippen LogP) is 3.16. The summed E-state index contributed by atoms with van der Waals surface area (Å²) in [5, 5.41) is 2.12. The number of aromatic nitrogens is 1. The molecule has 24 heavy (non-hydrogen) atoms. The molecule has 0 spiro atoms. The lowest BCUT2D eigenvalue weighted by atomic mass is 9.98. The number of methoxy groups -OCH3 is 1. The molecule has 3 rings (SSSR count). The first kappa shape index (κ1) is 16.1. The van der Waals surface area contributed by atoms with Crippen molar-refractivity contribution < 1.29 is 14.4 Å². The Kier molecular flexibility index (Phi) is 3.79. The van der Waals surface area contributed by atoms with Crippen molar-refractivity contribution in [3.05, 3.63) is 52.8 Å². The van der Waals surface area contributed by atoms with Crippen LogP contribution in [0.1, 0.15) is 20.8 Å². The van der Waals surface area contributed by atoms with Gasteiger partial charge in [-0.3, -0.25) is 4.79 Å². The maximum absolute atomic E-state index is 12.8. The third-order valence-corrected chi connectivity index (χ3v) is 3.84. The van der Waals surface area contributed by atoms with E-state index in [4.69, 9.17) is 9.57 Å². The molecule has 0 unspecified atom stereocenters. The Bertz CT molecular complexity index is 996. The average molecular weight is 325 g/mol. The monoisotopic (exact) mass is 325 g/mol. The van der Waals surface area contributed by atoms with E-state index in [1.807, 2.05) is 24.3 Å². The van der Waals surface area contributed by atoms with Gasteiger partial charge in [0.1, 0.15) is 5.75 Å². The van der Waals surface area contributed by atoms with Crippen LogP contribution in [-0.4, -0.2) is 17.8 Å². The SMILES string of the molecule is COc1ccc2c3ccccc3c(=O)n(OC(=O)C(C)(C)C)c2c1. The van der Waals surface area contributed by atoms with Gasteiger partial charge in [0.2, 0.25) is 0 Å². The van der Waals surface area contributed by atoms with Crippen molar-refractivity contribution in [2.24, 2.45) is 5.41 Å². The fourth-order valence-corrected chi connectivity index (χ4v) is 2.47. The van der Waals surface area contributed by atoms with E-state index in [1.165, 1.54) is 0 Å². The Hall–Kier alpha value is -2.82. The van der Waals surface area contributed by atoms with Crippen LogP contribution in [0.5, 0.6) is 5.75 Å². The van der Waals surface area contributed by atoms with Crippen molar-refractivity contribution in [3.63, 3.8) is 0 Å². The lowest BCUT2D eigenvalue weighted by molar-refractivity contribution is -0.153. The van der Waals surface area contributed by atoms with Crippen LogP contribution in [0.15, 0.2) is 47.3 Å². The van der Waals surface area contributed by atoms with E-state index in [0.29, 0.717) is 16.7 Å². The van der Waals surface area contributed by atoms with Gasteiger partial charge in [0.05, 0.1) is 23.4 Å². The number of carbonyl (C=O) groups excluding carboxylic acids is 1. The summed E-state index contributed by atoms with van der Waals surface area (Å²) in [5.41, 5.74) is -0.601. The number of hydrogen-bond acceptors (Lipinski definition) is 4. The third kappa shape index (κ3) is 2.62. The Morgan fingerprint density at radius 2 is 1.67 bits per heavy atom. The van der Waals surface area contributed by atoms with Gasteiger partial charge in [0.15, 0.2) is 0 Å². The number of carbonyl (C=O) groups is 1. The first-order valence-electron chi connectivity index (χ1n) is 7.67. The van der Waals surface area contributed by atoms with Crippen LogP contribution in [0.4, 0.5) is 0 Å². The van der Waals surface area contributed by atoms with Crippen molar-refractivity contribution in [1.82, 2.24) is 4.73 Å². The minimum Gasteiger partial charge on any atom is -0.497 e. The zero-order valence-corrected chi connectivity index (χ0v) is 14.1. The molecule has 5 heteroatoms. The number of benzene rings is 2. The molecule has 0 aliphatic carbocycles. The molecular formula is C19H19NO4. The molecule has 0 saturated carbocycles. The Labute approximate surface area is 139 Å². The molecule has 0 saturated heterocycles. The summed E-state index contributed by atoms with van der Waals surface area (Å²) < 4.78 is 6.31. The van der Waals surface area contributed by atoms with Crippen LogP contribution < -0.4 is 15.1 Å².